The third-order valence-electron chi connectivity index (χ3n) is 3.05. The second kappa shape index (κ2) is 8.67. The predicted molar refractivity (Wildman–Crippen MR) is 83.5 cm³/mol. The van der Waals surface area contributed by atoms with E-state index in [0.29, 0.717) is 17.7 Å². The fourth-order valence-corrected chi connectivity index (χ4v) is 2.25. The molecule has 0 heterocycles. The molecule has 0 unspecified atom stereocenters. The Balaban J connectivity index is 2.83. The van der Waals surface area contributed by atoms with Gasteiger partial charge in [0, 0.05) is 5.56 Å². The fraction of sp³-hybridized carbons (Fsp3) is 0.467. The van der Waals surface area contributed by atoms with Crippen molar-refractivity contribution in [1.29, 1.82) is 0 Å². The van der Waals surface area contributed by atoms with Crippen LogP contribution in [0.5, 0.6) is 5.75 Å². The van der Waals surface area contributed by atoms with Gasteiger partial charge in [0.25, 0.3) is 5.91 Å². The maximum atomic E-state index is 12.2. The van der Waals surface area contributed by atoms with Crippen LogP contribution in [0.3, 0.4) is 0 Å². The predicted octanol–water partition coefficient (Wildman–Crippen LogP) is 2.92. The van der Waals surface area contributed by atoms with Gasteiger partial charge in [0.15, 0.2) is 0 Å². The highest BCUT2D eigenvalue weighted by atomic mass is 79.9. The van der Waals surface area contributed by atoms with E-state index in [2.05, 4.69) is 21.2 Å². The first kappa shape index (κ1) is 17.5. The number of methoxy groups -OCH3 is 2. The van der Waals surface area contributed by atoms with Gasteiger partial charge >= 0.3 is 5.97 Å². The SMILES string of the molecule is CCCC[C@@H](NC(=O)c1ccc(Br)c(OC)c1)C(=O)OC. The number of carbonyl (C=O) groups is 2. The molecule has 1 aromatic rings. The Morgan fingerprint density at radius 1 is 1.33 bits per heavy atom. The number of rotatable bonds is 7. The number of nitrogens with one attached hydrogen (secondary N) is 1. The highest BCUT2D eigenvalue weighted by molar-refractivity contribution is 9.10. The van der Waals surface area contributed by atoms with Crippen molar-refractivity contribution in [3.8, 4) is 5.75 Å². The summed E-state index contributed by atoms with van der Waals surface area (Å²) in [4.78, 5) is 23.9. The van der Waals surface area contributed by atoms with Gasteiger partial charge in [0.2, 0.25) is 0 Å². The zero-order valence-corrected chi connectivity index (χ0v) is 14.0. The van der Waals surface area contributed by atoms with E-state index < -0.39 is 12.0 Å². The lowest BCUT2D eigenvalue weighted by molar-refractivity contribution is -0.143. The highest BCUT2D eigenvalue weighted by Gasteiger charge is 2.21. The van der Waals surface area contributed by atoms with Crippen LogP contribution in [-0.2, 0) is 9.53 Å². The Labute approximate surface area is 133 Å². The van der Waals surface area contributed by atoms with Crippen LogP contribution < -0.4 is 10.1 Å². The molecule has 1 amide bonds. The third kappa shape index (κ3) is 5.04. The highest BCUT2D eigenvalue weighted by Crippen LogP contribution is 2.25. The minimum absolute atomic E-state index is 0.327. The molecule has 116 valence electrons. The van der Waals surface area contributed by atoms with Crippen LogP contribution in [0.1, 0.15) is 36.5 Å². The van der Waals surface area contributed by atoms with Crippen LogP contribution in [0.15, 0.2) is 22.7 Å². The van der Waals surface area contributed by atoms with Gasteiger partial charge in [0.05, 0.1) is 18.7 Å². The number of hydrogen-bond acceptors (Lipinski definition) is 4. The fourth-order valence-electron chi connectivity index (χ4n) is 1.84. The number of ether oxygens (including phenoxy) is 2. The maximum Gasteiger partial charge on any atom is 0.328 e. The molecule has 1 atom stereocenters. The van der Waals surface area contributed by atoms with Crippen LogP contribution in [-0.4, -0.2) is 32.1 Å². The number of esters is 1. The molecule has 0 saturated heterocycles. The number of carbonyl (C=O) groups excluding carboxylic acids is 2. The van der Waals surface area contributed by atoms with Crippen molar-refractivity contribution in [2.45, 2.75) is 32.2 Å². The summed E-state index contributed by atoms with van der Waals surface area (Å²) in [5.74, 6) is -0.195. The van der Waals surface area contributed by atoms with Crippen molar-refractivity contribution >= 4 is 27.8 Å². The molecule has 21 heavy (non-hydrogen) atoms. The van der Waals surface area contributed by atoms with Gasteiger partial charge in [-0.05, 0) is 40.5 Å². The van der Waals surface area contributed by atoms with Gasteiger partial charge in [-0.15, -0.1) is 0 Å². The molecule has 0 saturated carbocycles. The first-order valence-corrected chi connectivity index (χ1v) is 7.55. The minimum Gasteiger partial charge on any atom is -0.496 e. The second-order valence-corrected chi connectivity index (χ2v) is 5.40. The van der Waals surface area contributed by atoms with Crippen LogP contribution in [0, 0.1) is 0 Å². The largest absolute Gasteiger partial charge is 0.496 e. The minimum atomic E-state index is -0.628. The second-order valence-electron chi connectivity index (χ2n) is 4.54. The molecule has 0 fully saturated rings. The van der Waals surface area contributed by atoms with Crippen molar-refractivity contribution in [2.24, 2.45) is 0 Å². The summed E-state index contributed by atoms with van der Waals surface area (Å²) in [6.07, 6.45) is 2.34. The number of halogens is 1. The number of amides is 1. The first-order chi connectivity index (χ1) is 10.0. The molecule has 1 aromatic carbocycles. The van der Waals surface area contributed by atoms with Crippen molar-refractivity contribution < 1.29 is 19.1 Å². The molecular formula is C15H20BrNO4. The monoisotopic (exact) mass is 357 g/mol. The van der Waals surface area contributed by atoms with E-state index in [9.17, 15) is 9.59 Å². The molecular weight excluding hydrogens is 338 g/mol. The summed E-state index contributed by atoms with van der Waals surface area (Å²) in [6.45, 7) is 2.02. The molecule has 0 aliphatic heterocycles. The Morgan fingerprint density at radius 2 is 2.05 bits per heavy atom. The van der Waals surface area contributed by atoms with Crippen molar-refractivity contribution in [1.82, 2.24) is 5.32 Å². The summed E-state index contributed by atoms with van der Waals surface area (Å²) in [7, 11) is 2.84. The zero-order chi connectivity index (χ0) is 15.8. The summed E-state index contributed by atoms with van der Waals surface area (Å²) < 4.78 is 10.6. The molecule has 5 nitrogen and oxygen atoms in total. The Kier molecular flexibility index (Phi) is 7.22. The molecule has 0 radical (unpaired) electrons. The molecule has 0 aromatic heterocycles. The quantitative estimate of drug-likeness (QED) is 0.762. The lowest BCUT2D eigenvalue weighted by atomic mass is 10.1. The number of hydrogen-bond donors (Lipinski definition) is 1. The smallest absolute Gasteiger partial charge is 0.328 e. The Hall–Kier alpha value is -1.56. The van der Waals surface area contributed by atoms with Gasteiger partial charge < -0.3 is 14.8 Å². The maximum absolute atomic E-state index is 12.2. The topological polar surface area (TPSA) is 64.6 Å². The Bertz CT molecular complexity index is 504. The van der Waals surface area contributed by atoms with Crippen LogP contribution >= 0.6 is 15.9 Å². The summed E-state index contributed by atoms with van der Waals surface area (Å²) in [6, 6.07) is 4.38. The summed E-state index contributed by atoms with van der Waals surface area (Å²) in [5.41, 5.74) is 0.431. The van der Waals surface area contributed by atoms with E-state index in [-0.39, 0.29) is 5.91 Å². The summed E-state index contributed by atoms with van der Waals surface area (Å²) in [5, 5.41) is 2.71. The van der Waals surface area contributed by atoms with Gasteiger partial charge in [-0.3, -0.25) is 4.79 Å². The molecule has 1 N–H and O–H groups in total. The van der Waals surface area contributed by atoms with Gasteiger partial charge in [-0.2, -0.15) is 0 Å². The molecule has 0 bridgehead atoms. The van der Waals surface area contributed by atoms with Crippen molar-refractivity contribution in [2.75, 3.05) is 14.2 Å². The van der Waals surface area contributed by atoms with Crippen LogP contribution in [0.4, 0.5) is 0 Å². The summed E-state index contributed by atoms with van der Waals surface area (Å²) >= 11 is 3.33. The average molecular weight is 358 g/mol. The zero-order valence-electron chi connectivity index (χ0n) is 12.4. The van der Waals surface area contributed by atoms with E-state index in [1.54, 1.807) is 18.2 Å². The lowest BCUT2D eigenvalue weighted by Crippen LogP contribution is -2.41. The molecule has 0 aliphatic rings. The van der Waals surface area contributed by atoms with E-state index >= 15 is 0 Å². The normalized spacial score (nSPS) is 11.6. The molecule has 1 rings (SSSR count). The third-order valence-corrected chi connectivity index (χ3v) is 3.71. The standard InChI is InChI=1S/C15H20BrNO4/c1-4-5-6-12(15(19)21-3)17-14(18)10-7-8-11(16)13(9-10)20-2/h7-9,12H,4-6H2,1-3H3,(H,17,18)/t12-/m1/s1. The van der Waals surface area contributed by atoms with Gasteiger partial charge in [-0.1, -0.05) is 19.8 Å². The van der Waals surface area contributed by atoms with Crippen LogP contribution in [0.25, 0.3) is 0 Å². The van der Waals surface area contributed by atoms with Crippen molar-refractivity contribution in [3.05, 3.63) is 28.2 Å². The van der Waals surface area contributed by atoms with E-state index in [1.165, 1.54) is 14.2 Å². The van der Waals surface area contributed by atoms with Gasteiger partial charge in [0.1, 0.15) is 11.8 Å². The van der Waals surface area contributed by atoms with E-state index in [1.807, 2.05) is 6.92 Å². The Morgan fingerprint density at radius 3 is 2.62 bits per heavy atom. The average Bonchev–Trinajstić information content (AvgIpc) is 2.50. The molecule has 0 spiro atoms. The first-order valence-electron chi connectivity index (χ1n) is 6.75. The lowest BCUT2D eigenvalue weighted by Gasteiger charge is -2.16. The number of unbranched alkanes of at least 4 members (excludes halogenated alkanes) is 1. The number of benzene rings is 1. The van der Waals surface area contributed by atoms with Crippen LogP contribution in [0.2, 0.25) is 0 Å². The van der Waals surface area contributed by atoms with Gasteiger partial charge in [-0.25, -0.2) is 4.79 Å². The van der Waals surface area contributed by atoms with E-state index in [0.717, 1.165) is 17.3 Å². The van der Waals surface area contributed by atoms with E-state index in [4.69, 9.17) is 9.47 Å². The molecule has 0 aliphatic carbocycles. The molecule has 6 heteroatoms. The van der Waals surface area contributed by atoms with Crippen molar-refractivity contribution in [3.63, 3.8) is 0 Å².